The van der Waals surface area contributed by atoms with Gasteiger partial charge >= 0.3 is 0 Å². The molecule has 0 aliphatic carbocycles. The molecule has 0 bridgehead atoms. The molecule has 3 N–H and O–H groups in total. The zero-order valence-corrected chi connectivity index (χ0v) is 10.1. The zero-order chi connectivity index (χ0) is 13.0. The third kappa shape index (κ3) is 2.96. The number of anilines is 1. The molecular weight excluding hydrogens is 234 g/mol. The number of nitrogens with two attached hydrogens (primary N) is 1. The number of aliphatic hydroxyl groups excluding tert-OH is 1. The van der Waals surface area contributed by atoms with Gasteiger partial charge in [0, 0.05) is 31.8 Å². The predicted octanol–water partition coefficient (Wildman–Crippen LogP) is -0.255. The van der Waals surface area contributed by atoms with Crippen molar-refractivity contribution in [1.29, 1.82) is 0 Å². The Labute approximate surface area is 105 Å². The van der Waals surface area contributed by atoms with E-state index in [1.807, 2.05) is 0 Å². The highest BCUT2D eigenvalue weighted by atomic mass is 16.5. The van der Waals surface area contributed by atoms with E-state index in [1.54, 1.807) is 17.0 Å². The van der Waals surface area contributed by atoms with Crippen LogP contribution in [-0.2, 0) is 4.74 Å². The van der Waals surface area contributed by atoms with Crippen molar-refractivity contribution in [2.45, 2.75) is 0 Å². The molecule has 98 valence electrons. The van der Waals surface area contributed by atoms with E-state index >= 15 is 0 Å². The molecule has 0 radical (unpaired) electrons. The lowest BCUT2D eigenvalue weighted by Crippen LogP contribution is -2.36. The fourth-order valence-electron chi connectivity index (χ4n) is 1.89. The fraction of sp³-hybridized carbons (Fsp3) is 0.500. The van der Waals surface area contributed by atoms with Crippen molar-refractivity contribution < 1.29 is 14.6 Å². The molecule has 1 atom stereocenters. The summed E-state index contributed by atoms with van der Waals surface area (Å²) in [6.45, 7) is 2.02. The second kappa shape index (κ2) is 5.79. The lowest BCUT2D eigenvalue weighted by molar-refractivity contribution is 0.0728. The van der Waals surface area contributed by atoms with Crippen LogP contribution in [0.1, 0.15) is 10.4 Å². The van der Waals surface area contributed by atoms with E-state index in [4.69, 9.17) is 10.5 Å². The first-order valence-electron chi connectivity index (χ1n) is 5.90. The summed E-state index contributed by atoms with van der Waals surface area (Å²) in [7, 11) is 0. The topological polar surface area (TPSA) is 88.7 Å². The summed E-state index contributed by atoms with van der Waals surface area (Å²) in [5.74, 6) is 0.253. The standard InChI is InChI=1S/C12H17N3O3/c13-11-2-1-10(5-14-11)12(17)15-3-4-18-8-9(6-15)7-16/h1-2,5,9,16H,3-4,6-8H2,(H2,13,14)/t9-/m0/s1. The second-order valence-corrected chi connectivity index (χ2v) is 4.35. The van der Waals surface area contributed by atoms with E-state index in [1.165, 1.54) is 6.20 Å². The number of pyridine rings is 1. The third-order valence-electron chi connectivity index (χ3n) is 2.92. The minimum Gasteiger partial charge on any atom is -0.396 e. The highest BCUT2D eigenvalue weighted by Gasteiger charge is 2.23. The van der Waals surface area contributed by atoms with Gasteiger partial charge in [0.2, 0.25) is 0 Å². The second-order valence-electron chi connectivity index (χ2n) is 4.35. The van der Waals surface area contributed by atoms with Crippen LogP contribution in [-0.4, -0.2) is 53.8 Å². The van der Waals surface area contributed by atoms with Crippen molar-refractivity contribution in [2.24, 2.45) is 5.92 Å². The molecule has 6 nitrogen and oxygen atoms in total. The number of hydrogen-bond donors (Lipinski definition) is 2. The Bertz CT molecular complexity index is 408. The summed E-state index contributed by atoms with van der Waals surface area (Å²) >= 11 is 0. The summed E-state index contributed by atoms with van der Waals surface area (Å²) in [6, 6.07) is 3.26. The number of amides is 1. The molecule has 1 aliphatic heterocycles. The van der Waals surface area contributed by atoms with Gasteiger partial charge < -0.3 is 20.5 Å². The van der Waals surface area contributed by atoms with Crippen molar-refractivity contribution in [2.75, 3.05) is 38.6 Å². The summed E-state index contributed by atoms with van der Waals surface area (Å²) in [5.41, 5.74) is 5.99. The number of carbonyl (C=O) groups excluding carboxylic acids is 1. The molecule has 0 saturated carbocycles. The van der Waals surface area contributed by atoms with Crippen LogP contribution < -0.4 is 5.73 Å². The van der Waals surface area contributed by atoms with Crippen LogP contribution in [0.4, 0.5) is 5.82 Å². The smallest absolute Gasteiger partial charge is 0.255 e. The third-order valence-corrected chi connectivity index (χ3v) is 2.92. The number of nitrogen functional groups attached to an aromatic ring is 1. The number of aromatic nitrogens is 1. The van der Waals surface area contributed by atoms with Crippen LogP contribution in [0, 0.1) is 5.92 Å². The maximum absolute atomic E-state index is 12.2. The Kier molecular flexibility index (Phi) is 4.11. The van der Waals surface area contributed by atoms with E-state index < -0.39 is 0 Å². The number of ether oxygens (including phenoxy) is 1. The van der Waals surface area contributed by atoms with Crippen LogP contribution in [0.5, 0.6) is 0 Å². The average Bonchev–Trinajstić information content (AvgIpc) is 2.64. The number of carbonyl (C=O) groups is 1. The molecule has 1 fully saturated rings. The fourth-order valence-corrected chi connectivity index (χ4v) is 1.89. The van der Waals surface area contributed by atoms with Crippen LogP contribution in [0.15, 0.2) is 18.3 Å². The summed E-state index contributed by atoms with van der Waals surface area (Å²) in [4.78, 5) is 17.8. The predicted molar refractivity (Wildman–Crippen MR) is 65.9 cm³/mol. The first kappa shape index (κ1) is 12.8. The lowest BCUT2D eigenvalue weighted by Gasteiger charge is -2.22. The highest BCUT2D eigenvalue weighted by molar-refractivity contribution is 5.94. The van der Waals surface area contributed by atoms with Crippen molar-refractivity contribution >= 4 is 11.7 Å². The number of hydrogen-bond acceptors (Lipinski definition) is 5. The maximum Gasteiger partial charge on any atom is 0.255 e. The number of rotatable bonds is 2. The van der Waals surface area contributed by atoms with E-state index in [0.717, 1.165) is 0 Å². The van der Waals surface area contributed by atoms with E-state index in [9.17, 15) is 9.90 Å². The van der Waals surface area contributed by atoms with Gasteiger partial charge in [-0.15, -0.1) is 0 Å². The monoisotopic (exact) mass is 251 g/mol. The molecule has 1 saturated heterocycles. The molecule has 2 rings (SSSR count). The van der Waals surface area contributed by atoms with Gasteiger partial charge in [-0.3, -0.25) is 4.79 Å². The first-order chi connectivity index (χ1) is 8.70. The SMILES string of the molecule is Nc1ccc(C(=O)N2CCOC[C@H](CO)C2)cn1. The molecule has 0 unspecified atom stereocenters. The van der Waals surface area contributed by atoms with Crippen LogP contribution >= 0.6 is 0 Å². The minimum absolute atomic E-state index is 0.0176. The summed E-state index contributed by atoms with van der Waals surface area (Å²) in [5, 5.41) is 9.18. The summed E-state index contributed by atoms with van der Waals surface area (Å²) < 4.78 is 5.34. The largest absolute Gasteiger partial charge is 0.396 e. The van der Waals surface area contributed by atoms with Crippen molar-refractivity contribution in [3.63, 3.8) is 0 Å². The van der Waals surface area contributed by atoms with Crippen LogP contribution in [0.2, 0.25) is 0 Å². The van der Waals surface area contributed by atoms with Crippen molar-refractivity contribution in [3.05, 3.63) is 23.9 Å². The molecule has 0 spiro atoms. The highest BCUT2D eigenvalue weighted by Crippen LogP contribution is 2.11. The molecule has 2 heterocycles. The normalized spacial score (nSPS) is 20.5. The van der Waals surface area contributed by atoms with Gasteiger partial charge in [-0.1, -0.05) is 0 Å². The Morgan fingerprint density at radius 1 is 1.61 bits per heavy atom. The molecule has 1 aromatic rings. The number of aliphatic hydroxyl groups is 1. The van der Waals surface area contributed by atoms with Crippen LogP contribution in [0.3, 0.4) is 0 Å². The minimum atomic E-state index is -0.105. The van der Waals surface area contributed by atoms with Gasteiger partial charge in [0.1, 0.15) is 5.82 Å². The van der Waals surface area contributed by atoms with Gasteiger partial charge in [-0.05, 0) is 12.1 Å². The Hall–Kier alpha value is -1.66. The Morgan fingerprint density at radius 3 is 3.11 bits per heavy atom. The molecule has 1 amide bonds. The molecule has 18 heavy (non-hydrogen) atoms. The lowest BCUT2D eigenvalue weighted by atomic mass is 10.1. The van der Waals surface area contributed by atoms with Crippen LogP contribution in [0.25, 0.3) is 0 Å². The van der Waals surface area contributed by atoms with Gasteiger partial charge in [0.05, 0.1) is 18.8 Å². The molecule has 1 aromatic heterocycles. The van der Waals surface area contributed by atoms with Crippen molar-refractivity contribution in [3.8, 4) is 0 Å². The first-order valence-corrected chi connectivity index (χ1v) is 5.90. The number of nitrogens with zero attached hydrogens (tertiary/aromatic N) is 2. The molecule has 1 aliphatic rings. The quantitative estimate of drug-likeness (QED) is 0.756. The van der Waals surface area contributed by atoms with Gasteiger partial charge in [0.25, 0.3) is 5.91 Å². The summed E-state index contributed by atoms with van der Waals surface area (Å²) in [6.07, 6.45) is 1.47. The van der Waals surface area contributed by atoms with Gasteiger partial charge in [-0.2, -0.15) is 0 Å². The van der Waals surface area contributed by atoms with Crippen molar-refractivity contribution in [1.82, 2.24) is 9.88 Å². The van der Waals surface area contributed by atoms with E-state index in [2.05, 4.69) is 4.98 Å². The molecule has 6 heteroatoms. The van der Waals surface area contributed by atoms with E-state index in [0.29, 0.717) is 37.7 Å². The Balaban J connectivity index is 2.09. The maximum atomic E-state index is 12.2. The average molecular weight is 251 g/mol. The Morgan fingerprint density at radius 2 is 2.44 bits per heavy atom. The van der Waals surface area contributed by atoms with E-state index in [-0.39, 0.29) is 18.4 Å². The van der Waals surface area contributed by atoms with Gasteiger partial charge in [0.15, 0.2) is 0 Å². The molecule has 0 aromatic carbocycles. The van der Waals surface area contributed by atoms with Gasteiger partial charge in [-0.25, -0.2) is 4.98 Å². The zero-order valence-electron chi connectivity index (χ0n) is 10.1. The molecular formula is C12H17N3O3.